The summed E-state index contributed by atoms with van der Waals surface area (Å²) in [6, 6.07) is 11.5. The molecule has 6 heteroatoms. The summed E-state index contributed by atoms with van der Waals surface area (Å²) in [4.78, 5) is 23.6. The third-order valence-electron chi connectivity index (χ3n) is 3.73. The van der Waals surface area contributed by atoms with E-state index in [0.717, 1.165) is 5.56 Å². The number of carbonyl (C=O) groups is 2. The number of benzene rings is 2. The molecule has 132 valence electrons. The minimum absolute atomic E-state index is 0.0222. The van der Waals surface area contributed by atoms with E-state index in [1.165, 1.54) is 6.92 Å². The summed E-state index contributed by atoms with van der Waals surface area (Å²) in [5.41, 5.74) is 1.37. The number of amides is 1. The van der Waals surface area contributed by atoms with Gasteiger partial charge in [0.15, 0.2) is 11.9 Å². The van der Waals surface area contributed by atoms with E-state index in [1.807, 2.05) is 6.92 Å². The van der Waals surface area contributed by atoms with Gasteiger partial charge in [0.1, 0.15) is 5.75 Å². The summed E-state index contributed by atoms with van der Waals surface area (Å²) >= 11 is 12.0. The van der Waals surface area contributed by atoms with Gasteiger partial charge in [-0.05, 0) is 62.7 Å². The van der Waals surface area contributed by atoms with Crippen molar-refractivity contribution in [1.29, 1.82) is 0 Å². The van der Waals surface area contributed by atoms with E-state index in [-0.39, 0.29) is 17.7 Å². The number of carbonyl (C=O) groups excluding carboxylic acids is 2. The van der Waals surface area contributed by atoms with Gasteiger partial charge < -0.3 is 10.1 Å². The first-order chi connectivity index (χ1) is 11.8. The van der Waals surface area contributed by atoms with E-state index in [4.69, 9.17) is 27.9 Å². The smallest absolute Gasteiger partial charge is 0.261 e. The van der Waals surface area contributed by atoms with Crippen LogP contribution in [0, 0.1) is 0 Å². The average molecular weight is 380 g/mol. The molecule has 0 fully saturated rings. The molecule has 0 saturated carbocycles. The van der Waals surface area contributed by atoms with Crippen molar-refractivity contribution in [1.82, 2.24) is 5.32 Å². The van der Waals surface area contributed by atoms with Crippen LogP contribution in [0.1, 0.15) is 42.7 Å². The van der Waals surface area contributed by atoms with E-state index < -0.39 is 6.10 Å². The maximum atomic E-state index is 12.3. The first kappa shape index (κ1) is 19.3. The Labute approximate surface area is 157 Å². The zero-order chi connectivity index (χ0) is 18.6. The fourth-order valence-corrected chi connectivity index (χ4v) is 2.86. The standard InChI is InChI=1S/C19H19Cl2NO3/c1-11(17-9-6-15(20)10-18(17)21)22-19(24)13(3)25-16-7-4-14(5-8-16)12(2)23/h4-11,13H,1-3H3,(H,22,24)/t11-,13-/m0/s1. The fraction of sp³-hybridized carbons (Fsp3) is 0.263. The van der Waals surface area contributed by atoms with Crippen LogP contribution in [-0.2, 0) is 4.79 Å². The van der Waals surface area contributed by atoms with Gasteiger partial charge in [-0.2, -0.15) is 0 Å². The second-order valence-corrected chi connectivity index (χ2v) is 6.58. The molecule has 0 aliphatic carbocycles. The Morgan fingerprint density at radius 3 is 2.24 bits per heavy atom. The lowest BCUT2D eigenvalue weighted by atomic mass is 10.1. The molecule has 0 saturated heterocycles. The fourth-order valence-electron chi connectivity index (χ4n) is 2.29. The number of rotatable bonds is 6. The van der Waals surface area contributed by atoms with E-state index in [0.29, 0.717) is 21.4 Å². The molecule has 2 aromatic carbocycles. The Morgan fingerprint density at radius 1 is 1.04 bits per heavy atom. The van der Waals surface area contributed by atoms with Gasteiger partial charge in [-0.1, -0.05) is 29.3 Å². The van der Waals surface area contributed by atoms with E-state index in [1.54, 1.807) is 49.4 Å². The zero-order valence-corrected chi connectivity index (χ0v) is 15.7. The van der Waals surface area contributed by atoms with Gasteiger partial charge in [-0.15, -0.1) is 0 Å². The van der Waals surface area contributed by atoms with Gasteiger partial charge in [0.25, 0.3) is 5.91 Å². The van der Waals surface area contributed by atoms with Gasteiger partial charge in [-0.3, -0.25) is 9.59 Å². The lowest BCUT2D eigenvalue weighted by molar-refractivity contribution is -0.127. The van der Waals surface area contributed by atoms with Gasteiger partial charge in [0.2, 0.25) is 0 Å². The molecule has 0 heterocycles. The third kappa shape index (κ3) is 5.21. The number of halogens is 2. The highest BCUT2D eigenvalue weighted by Gasteiger charge is 2.19. The quantitative estimate of drug-likeness (QED) is 0.730. The average Bonchev–Trinajstić information content (AvgIpc) is 2.55. The summed E-state index contributed by atoms with van der Waals surface area (Å²) < 4.78 is 5.62. The van der Waals surface area contributed by atoms with E-state index in [9.17, 15) is 9.59 Å². The summed E-state index contributed by atoms with van der Waals surface area (Å²) in [5, 5.41) is 3.89. The molecule has 0 unspecified atom stereocenters. The highest BCUT2D eigenvalue weighted by molar-refractivity contribution is 6.35. The molecular weight excluding hydrogens is 361 g/mol. The van der Waals surface area contributed by atoms with Crippen LogP contribution in [0.5, 0.6) is 5.75 Å². The van der Waals surface area contributed by atoms with Crippen LogP contribution < -0.4 is 10.1 Å². The number of nitrogens with one attached hydrogen (secondary N) is 1. The molecule has 25 heavy (non-hydrogen) atoms. The lowest BCUT2D eigenvalue weighted by Gasteiger charge is -2.20. The molecule has 4 nitrogen and oxygen atoms in total. The Balaban J connectivity index is 1.98. The highest BCUT2D eigenvalue weighted by Crippen LogP contribution is 2.26. The first-order valence-corrected chi connectivity index (χ1v) is 8.56. The zero-order valence-electron chi connectivity index (χ0n) is 14.2. The predicted octanol–water partition coefficient (Wildman–Crippen LogP) is 4.84. The molecule has 1 N–H and O–H groups in total. The van der Waals surface area contributed by atoms with Gasteiger partial charge in [0, 0.05) is 15.6 Å². The van der Waals surface area contributed by atoms with E-state index >= 15 is 0 Å². The molecule has 0 aliphatic rings. The SMILES string of the molecule is CC(=O)c1ccc(O[C@@H](C)C(=O)N[C@@H](C)c2ccc(Cl)cc2Cl)cc1. The Hall–Kier alpha value is -2.04. The minimum atomic E-state index is -0.697. The largest absolute Gasteiger partial charge is 0.481 e. The maximum Gasteiger partial charge on any atom is 0.261 e. The van der Waals surface area contributed by atoms with Crippen molar-refractivity contribution in [3.63, 3.8) is 0 Å². The molecule has 2 rings (SSSR count). The summed E-state index contributed by atoms with van der Waals surface area (Å²) in [6.07, 6.45) is -0.697. The van der Waals surface area contributed by atoms with Crippen LogP contribution in [0.4, 0.5) is 0 Å². The molecule has 0 spiro atoms. The first-order valence-electron chi connectivity index (χ1n) is 7.81. The van der Waals surface area contributed by atoms with Crippen LogP contribution >= 0.6 is 23.2 Å². The number of hydrogen-bond donors (Lipinski definition) is 1. The molecule has 1 amide bonds. The van der Waals surface area contributed by atoms with Crippen LogP contribution in [0.15, 0.2) is 42.5 Å². The highest BCUT2D eigenvalue weighted by atomic mass is 35.5. The molecule has 0 bridgehead atoms. The lowest BCUT2D eigenvalue weighted by Crippen LogP contribution is -2.37. The van der Waals surface area contributed by atoms with Gasteiger partial charge >= 0.3 is 0 Å². The van der Waals surface area contributed by atoms with Crippen molar-refractivity contribution >= 4 is 34.9 Å². The van der Waals surface area contributed by atoms with Crippen molar-refractivity contribution in [3.05, 3.63) is 63.6 Å². The molecule has 0 aromatic heterocycles. The van der Waals surface area contributed by atoms with Crippen molar-refractivity contribution in [2.75, 3.05) is 0 Å². The summed E-state index contributed by atoms with van der Waals surface area (Å²) in [6.45, 7) is 4.99. The molecule has 0 radical (unpaired) electrons. The monoisotopic (exact) mass is 379 g/mol. The Morgan fingerprint density at radius 2 is 1.68 bits per heavy atom. The van der Waals surface area contributed by atoms with E-state index in [2.05, 4.69) is 5.32 Å². The number of hydrogen-bond acceptors (Lipinski definition) is 3. The van der Waals surface area contributed by atoms with Gasteiger partial charge in [-0.25, -0.2) is 0 Å². The second-order valence-electron chi connectivity index (χ2n) is 5.74. The van der Waals surface area contributed by atoms with Crippen LogP contribution in [-0.4, -0.2) is 17.8 Å². The summed E-state index contributed by atoms with van der Waals surface area (Å²) in [7, 11) is 0. The normalized spacial score (nSPS) is 13.0. The molecule has 0 aliphatic heterocycles. The number of Topliss-reactive ketones (excluding diaryl/α,β-unsaturated/α-hetero) is 1. The van der Waals surface area contributed by atoms with Crippen molar-refractivity contribution in [2.45, 2.75) is 32.9 Å². The van der Waals surface area contributed by atoms with Gasteiger partial charge in [0.05, 0.1) is 6.04 Å². The van der Waals surface area contributed by atoms with Crippen molar-refractivity contribution in [2.24, 2.45) is 0 Å². The Kier molecular flexibility index (Phi) is 6.45. The van der Waals surface area contributed by atoms with Crippen LogP contribution in [0.25, 0.3) is 0 Å². The van der Waals surface area contributed by atoms with Crippen molar-refractivity contribution < 1.29 is 14.3 Å². The number of ether oxygens (including phenoxy) is 1. The second kappa shape index (κ2) is 8.37. The topological polar surface area (TPSA) is 55.4 Å². The van der Waals surface area contributed by atoms with Crippen molar-refractivity contribution in [3.8, 4) is 5.75 Å². The Bertz CT molecular complexity index is 775. The molecular formula is C19H19Cl2NO3. The molecule has 2 aromatic rings. The molecule has 2 atom stereocenters. The van der Waals surface area contributed by atoms with Crippen LogP contribution in [0.2, 0.25) is 10.0 Å². The third-order valence-corrected chi connectivity index (χ3v) is 4.29. The summed E-state index contributed by atoms with van der Waals surface area (Å²) in [5.74, 6) is 0.227. The minimum Gasteiger partial charge on any atom is -0.481 e. The number of ketones is 1. The van der Waals surface area contributed by atoms with Crippen LogP contribution in [0.3, 0.4) is 0 Å². The maximum absolute atomic E-state index is 12.3. The predicted molar refractivity (Wildman–Crippen MR) is 99.6 cm³/mol.